The van der Waals surface area contributed by atoms with Gasteiger partial charge in [0.05, 0.1) is 6.04 Å². The second-order valence-electron chi connectivity index (χ2n) is 3.29. The average Bonchev–Trinajstić information content (AvgIpc) is 2.60. The van der Waals surface area contributed by atoms with Gasteiger partial charge in [-0.2, -0.15) is 0 Å². The highest BCUT2D eigenvalue weighted by molar-refractivity contribution is 9.10. The number of halogens is 1. The maximum Gasteiger partial charge on any atom is 0.169 e. The summed E-state index contributed by atoms with van der Waals surface area (Å²) in [5.74, 6) is 0.953. The van der Waals surface area contributed by atoms with Crippen molar-refractivity contribution < 1.29 is 4.42 Å². The van der Waals surface area contributed by atoms with E-state index in [0.717, 1.165) is 23.3 Å². The van der Waals surface area contributed by atoms with Gasteiger partial charge in [0, 0.05) is 0 Å². The molecule has 0 aromatic carbocycles. The molecule has 1 rings (SSSR count). The topological polar surface area (TPSA) is 25.2 Å². The lowest BCUT2D eigenvalue weighted by atomic mass is 10.0. The van der Waals surface area contributed by atoms with E-state index in [-0.39, 0.29) is 6.04 Å². The zero-order valence-electron chi connectivity index (χ0n) is 8.64. The lowest BCUT2D eigenvalue weighted by Gasteiger charge is -2.14. The summed E-state index contributed by atoms with van der Waals surface area (Å²) in [5, 5.41) is 3.22. The van der Waals surface area contributed by atoms with Crippen molar-refractivity contribution in [2.75, 3.05) is 7.05 Å². The fourth-order valence-electron chi connectivity index (χ4n) is 1.29. The van der Waals surface area contributed by atoms with E-state index >= 15 is 0 Å². The van der Waals surface area contributed by atoms with E-state index in [2.05, 4.69) is 34.7 Å². The van der Waals surface area contributed by atoms with Crippen molar-refractivity contribution in [3.05, 3.63) is 34.7 Å². The molecule has 0 aliphatic rings. The van der Waals surface area contributed by atoms with E-state index in [0.29, 0.717) is 0 Å². The molecule has 1 aromatic rings. The third-order valence-electron chi connectivity index (χ3n) is 2.28. The Hall–Kier alpha value is -0.540. The van der Waals surface area contributed by atoms with Crippen LogP contribution in [0.2, 0.25) is 0 Å². The van der Waals surface area contributed by atoms with Crippen molar-refractivity contribution in [1.29, 1.82) is 0 Å². The first-order chi connectivity index (χ1) is 6.67. The zero-order valence-corrected chi connectivity index (χ0v) is 10.2. The molecule has 0 radical (unpaired) electrons. The second-order valence-corrected chi connectivity index (χ2v) is 4.07. The van der Waals surface area contributed by atoms with E-state index in [9.17, 15) is 0 Å². The van der Waals surface area contributed by atoms with E-state index in [1.165, 1.54) is 5.57 Å². The zero-order chi connectivity index (χ0) is 10.6. The van der Waals surface area contributed by atoms with Crippen molar-refractivity contribution in [3.63, 3.8) is 0 Å². The summed E-state index contributed by atoms with van der Waals surface area (Å²) in [5.41, 5.74) is 1.23. The molecule has 0 bridgehead atoms. The van der Waals surface area contributed by atoms with Crippen LogP contribution in [0.25, 0.3) is 0 Å². The van der Waals surface area contributed by atoms with Gasteiger partial charge in [-0.15, -0.1) is 0 Å². The highest BCUT2D eigenvalue weighted by Gasteiger charge is 2.13. The van der Waals surface area contributed by atoms with Crippen LogP contribution < -0.4 is 5.32 Å². The Kier molecular flexibility index (Phi) is 4.42. The molecule has 2 nitrogen and oxygen atoms in total. The number of nitrogens with one attached hydrogen (secondary N) is 1. The Labute approximate surface area is 93.5 Å². The Morgan fingerprint density at radius 1 is 1.64 bits per heavy atom. The van der Waals surface area contributed by atoms with Gasteiger partial charge < -0.3 is 9.73 Å². The lowest BCUT2D eigenvalue weighted by Crippen LogP contribution is -2.16. The predicted molar refractivity (Wildman–Crippen MR) is 62.3 cm³/mol. The molecule has 1 N–H and O–H groups in total. The first kappa shape index (κ1) is 11.5. The van der Waals surface area contributed by atoms with Crippen molar-refractivity contribution in [3.8, 4) is 0 Å². The van der Waals surface area contributed by atoms with Gasteiger partial charge >= 0.3 is 0 Å². The number of furan rings is 1. The highest BCUT2D eigenvalue weighted by Crippen LogP contribution is 2.25. The lowest BCUT2D eigenvalue weighted by molar-refractivity contribution is 0.415. The van der Waals surface area contributed by atoms with Gasteiger partial charge in [0.15, 0.2) is 4.67 Å². The number of rotatable bonds is 5. The summed E-state index contributed by atoms with van der Waals surface area (Å²) in [6, 6.07) is 4.12. The van der Waals surface area contributed by atoms with Crippen molar-refractivity contribution in [2.24, 2.45) is 0 Å². The average molecular weight is 258 g/mol. The summed E-state index contributed by atoms with van der Waals surface area (Å²) < 4.78 is 6.27. The molecule has 3 heteroatoms. The number of hydrogen-bond donors (Lipinski definition) is 1. The summed E-state index contributed by atoms with van der Waals surface area (Å²) in [6.45, 7) is 6.12. The Balaban J connectivity index is 2.67. The predicted octanol–water partition coefficient (Wildman–Crippen LogP) is 3.66. The van der Waals surface area contributed by atoms with E-state index < -0.39 is 0 Å². The van der Waals surface area contributed by atoms with Crippen LogP contribution in [0.1, 0.15) is 31.6 Å². The number of hydrogen-bond acceptors (Lipinski definition) is 2. The fraction of sp³-hybridized carbons (Fsp3) is 0.455. The van der Waals surface area contributed by atoms with Gasteiger partial charge in [-0.25, -0.2) is 0 Å². The minimum atomic E-state index is 0.230. The SMILES string of the molecule is C=C(CC)CC(NC)c1ccc(Br)o1. The van der Waals surface area contributed by atoms with Crippen LogP contribution in [0.3, 0.4) is 0 Å². The van der Waals surface area contributed by atoms with Gasteiger partial charge in [0.1, 0.15) is 5.76 Å². The van der Waals surface area contributed by atoms with Crippen molar-refractivity contribution in [2.45, 2.75) is 25.8 Å². The Morgan fingerprint density at radius 3 is 2.79 bits per heavy atom. The van der Waals surface area contributed by atoms with Gasteiger partial charge in [-0.05, 0) is 48.0 Å². The molecule has 14 heavy (non-hydrogen) atoms. The summed E-state index contributed by atoms with van der Waals surface area (Å²) in [7, 11) is 1.93. The molecule has 1 aromatic heterocycles. The monoisotopic (exact) mass is 257 g/mol. The van der Waals surface area contributed by atoms with Crippen LogP contribution in [0, 0.1) is 0 Å². The molecule has 1 atom stereocenters. The minimum Gasteiger partial charge on any atom is -0.453 e. The van der Waals surface area contributed by atoms with Gasteiger partial charge in [0.2, 0.25) is 0 Å². The second kappa shape index (κ2) is 5.37. The van der Waals surface area contributed by atoms with Crippen LogP contribution in [0.15, 0.2) is 33.4 Å². The van der Waals surface area contributed by atoms with E-state index in [4.69, 9.17) is 4.42 Å². The molecule has 0 aliphatic carbocycles. The van der Waals surface area contributed by atoms with Crippen LogP contribution in [0.4, 0.5) is 0 Å². The molecule has 0 saturated heterocycles. The third-order valence-corrected chi connectivity index (χ3v) is 2.70. The van der Waals surface area contributed by atoms with E-state index in [1.807, 2.05) is 19.2 Å². The summed E-state index contributed by atoms with van der Waals surface area (Å²) >= 11 is 3.30. The molecular formula is C11H16BrNO. The molecule has 0 spiro atoms. The fourth-order valence-corrected chi connectivity index (χ4v) is 1.61. The van der Waals surface area contributed by atoms with Gasteiger partial charge in [-0.1, -0.05) is 19.1 Å². The smallest absolute Gasteiger partial charge is 0.169 e. The largest absolute Gasteiger partial charge is 0.453 e. The highest BCUT2D eigenvalue weighted by atomic mass is 79.9. The molecular weight excluding hydrogens is 242 g/mol. The minimum absolute atomic E-state index is 0.230. The maximum absolute atomic E-state index is 5.49. The summed E-state index contributed by atoms with van der Waals surface area (Å²) in [4.78, 5) is 0. The first-order valence-electron chi connectivity index (χ1n) is 4.76. The maximum atomic E-state index is 5.49. The standard InChI is InChI=1S/C11H16BrNO/c1-4-8(2)7-9(13-3)10-5-6-11(12)14-10/h5-6,9,13H,2,4,7H2,1,3H3. The first-order valence-corrected chi connectivity index (χ1v) is 5.55. The quantitative estimate of drug-likeness (QED) is 0.815. The van der Waals surface area contributed by atoms with Crippen LogP contribution in [-0.2, 0) is 0 Å². The van der Waals surface area contributed by atoms with Crippen LogP contribution in [-0.4, -0.2) is 7.05 Å². The molecule has 0 saturated carbocycles. The van der Waals surface area contributed by atoms with Crippen LogP contribution >= 0.6 is 15.9 Å². The molecule has 1 heterocycles. The molecule has 1 unspecified atom stereocenters. The molecule has 0 fully saturated rings. The Morgan fingerprint density at radius 2 is 2.36 bits per heavy atom. The molecule has 78 valence electrons. The van der Waals surface area contributed by atoms with Crippen molar-refractivity contribution >= 4 is 15.9 Å². The van der Waals surface area contributed by atoms with Gasteiger partial charge in [-0.3, -0.25) is 0 Å². The third kappa shape index (κ3) is 3.00. The normalized spacial score (nSPS) is 12.8. The summed E-state index contributed by atoms with van der Waals surface area (Å²) in [6.07, 6.45) is 1.94. The van der Waals surface area contributed by atoms with Crippen LogP contribution in [0.5, 0.6) is 0 Å². The molecule has 0 amide bonds. The van der Waals surface area contributed by atoms with Gasteiger partial charge in [0.25, 0.3) is 0 Å². The Bertz CT molecular complexity index is 306. The van der Waals surface area contributed by atoms with Crippen molar-refractivity contribution in [1.82, 2.24) is 5.32 Å². The van der Waals surface area contributed by atoms with E-state index in [1.54, 1.807) is 0 Å². The molecule has 0 aliphatic heterocycles.